The topological polar surface area (TPSA) is 92.7 Å². The van der Waals surface area contributed by atoms with Crippen LogP contribution in [0.5, 0.6) is 0 Å². The molecule has 2 heterocycles. The molecule has 1 saturated heterocycles. The van der Waals surface area contributed by atoms with Gasteiger partial charge in [0.15, 0.2) is 0 Å². The van der Waals surface area contributed by atoms with E-state index < -0.39 is 11.8 Å². The van der Waals surface area contributed by atoms with Gasteiger partial charge in [-0.25, -0.2) is 0 Å². The largest absolute Gasteiger partial charge is 0.386 e. The van der Waals surface area contributed by atoms with Crippen LogP contribution in [0.4, 0.5) is 0 Å². The van der Waals surface area contributed by atoms with Crippen molar-refractivity contribution >= 4 is 5.91 Å². The summed E-state index contributed by atoms with van der Waals surface area (Å²) in [6, 6.07) is 15.9. The number of piperazine rings is 1. The zero-order valence-electron chi connectivity index (χ0n) is 17.2. The summed E-state index contributed by atoms with van der Waals surface area (Å²) in [5.74, 6) is 0.00105. The van der Waals surface area contributed by atoms with Crippen molar-refractivity contribution < 1.29 is 15.0 Å². The van der Waals surface area contributed by atoms with Gasteiger partial charge in [-0.1, -0.05) is 36.4 Å². The Balaban J connectivity index is 1.21. The van der Waals surface area contributed by atoms with Crippen molar-refractivity contribution in [2.75, 3.05) is 26.2 Å². The van der Waals surface area contributed by atoms with E-state index in [0.717, 1.165) is 22.3 Å². The third kappa shape index (κ3) is 3.99. The van der Waals surface area contributed by atoms with Gasteiger partial charge in [-0.3, -0.25) is 14.8 Å². The van der Waals surface area contributed by atoms with Crippen LogP contribution in [0.25, 0.3) is 22.3 Å². The summed E-state index contributed by atoms with van der Waals surface area (Å²) >= 11 is 0. The first kappa shape index (κ1) is 19.9. The highest BCUT2D eigenvalue weighted by molar-refractivity contribution is 5.94. The average molecular weight is 418 g/mol. The summed E-state index contributed by atoms with van der Waals surface area (Å²) in [6.45, 7) is 2.22. The Hall–Kier alpha value is -3.00. The van der Waals surface area contributed by atoms with E-state index in [1.165, 1.54) is 0 Å². The maximum atomic E-state index is 12.9. The van der Waals surface area contributed by atoms with Gasteiger partial charge in [-0.2, -0.15) is 5.10 Å². The average Bonchev–Trinajstić information content (AvgIpc) is 3.34. The van der Waals surface area contributed by atoms with E-state index in [2.05, 4.69) is 34.5 Å². The van der Waals surface area contributed by atoms with Gasteiger partial charge in [0.05, 0.1) is 6.20 Å². The summed E-state index contributed by atoms with van der Waals surface area (Å²) in [5.41, 5.74) is 4.01. The lowest BCUT2D eigenvalue weighted by Gasteiger charge is -2.38. The molecule has 3 aromatic rings. The standard InChI is InChI=1S/C24H26N4O3/c29-22(27-11-13-28(14-12-27)23(30)24(31)9-10-24)20-7-5-18(6-8-20)17-1-3-19(4-2-17)21-15-25-26-16-21/h1-8,15-16,23,30-31H,9-14H2,(H,25,26). The minimum atomic E-state index is -0.946. The number of benzene rings is 2. The Morgan fingerprint density at radius 2 is 1.45 bits per heavy atom. The first-order valence-corrected chi connectivity index (χ1v) is 10.7. The lowest BCUT2D eigenvalue weighted by Crippen LogP contribution is -2.55. The van der Waals surface area contributed by atoms with E-state index in [1.807, 2.05) is 40.3 Å². The second-order valence-corrected chi connectivity index (χ2v) is 8.45. The molecule has 2 aromatic carbocycles. The number of carbonyl (C=O) groups excluding carboxylic acids is 1. The van der Waals surface area contributed by atoms with Crippen molar-refractivity contribution in [2.45, 2.75) is 24.7 Å². The molecular weight excluding hydrogens is 392 g/mol. The first-order chi connectivity index (χ1) is 15.0. The van der Waals surface area contributed by atoms with Crippen LogP contribution in [0.1, 0.15) is 23.2 Å². The van der Waals surface area contributed by atoms with E-state index in [-0.39, 0.29) is 5.91 Å². The molecule has 1 aliphatic carbocycles. The monoisotopic (exact) mass is 418 g/mol. The number of rotatable bonds is 5. The maximum Gasteiger partial charge on any atom is 0.253 e. The van der Waals surface area contributed by atoms with Crippen LogP contribution in [-0.2, 0) is 0 Å². The van der Waals surface area contributed by atoms with Crippen LogP contribution in [-0.4, -0.2) is 74.1 Å². The van der Waals surface area contributed by atoms with Crippen molar-refractivity contribution in [3.63, 3.8) is 0 Å². The number of aromatic amines is 1. The number of amides is 1. The molecule has 2 fully saturated rings. The van der Waals surface area contributed by atoms with Crippen LogP contribution in [0.15, 0.2) is 60.9 Å². The summed E-state index contributed by atoms with van der Waals surface area (Å²) in [5, 5.41) is 27.2. The Labute approximate surface area is 180 Å². The minimum Gasteiger partial charge on any atom is -0.386 e. The normalized spacial score (nSPS) is 19.2. The number of nitrogens with one attached hydrogen (secondary N) is 1. The molecule has 0 spiro atoms. The van der Waals surface area contributed by atoms with Gasteiger partial charge < -0.3 is 15.1 Å². The van der Waals surface area contributed by atoms with Crippen molar-refractivity contribution in [2.24, 2.45) is 0 Å². The molecule has 1 saturated carbocycles. The van der Waals surface area contributed by atoms with Crippen molar-refractivity contribution in [3.05, 3.63) is 66.5 Å². The van der Waals surface area contributed by atoms with Gasteiger partial charge in [-0.15, -0.1) is 0 Å². The van der Waals surface area contributed by atoms with Crippen molar-refractivity contribution in [1.29, 1.82) is 0 Å². The van der Waals surface area contributed by atoms with Crippen molar-refractivity contribution in [1.82, 2.24) is 20.0 Å². The number of nitrogens with zero attached hydrogens (tertiary/aromatic N) is 3. The third-order valence-electron chi connectivity index (χ3n) is 6.37. The SMILES string of the molecule is O=C(c1ccc(-c2ccc(-c3cn[nH]c3)cc2)cc1)N1CCN(C(O)C2(O)CC2)CC1. The van der Waals surface area contributed by atoms with Gasteiger partial charge in [0.1, 0.15) is 11.8 Å². The molecule has 5 rings (SSSR count). The molecule has 1 amide bonds. The highest BCUT2D eigenvalue weighted by atomic mass is 16.4. The predicted octanol–water partition coefficient (Wildman–Crippen LogP) is 2.34. The number of hydrogen-bond donors (Lipinski definition) is 3. The highest BCUT2D eigenvalue weighted by Gasteiger charge is 2.50. The molecule has 0 bridgehead atoms. The Morgan fingerprint density at radius 3 is 1.97 bits per heavy atom. The molecule has 2 aliphatic rings. The molecule has 1 aliphatic heterocycles. The van der Waals surface area contributed by atoms with E-state index in [0.29, 0.717) is 44.6 Å². The molecule has 0 radical (unpaired) electrons. The Bertz CT molecular complexity index is 1040. The van der Waals surface area contributed by atoms with E-state index in [4.69, 9.17) is 0 Å². The van der Waals surface area contributed by atoms with Gasteiger partial charge in [0.25, 0.3) is 5.91 Å². The van der Waals surface area contributed by atoms with Crippen LogP contribution in [0.2, 0.25) is 0 Å². The second-order valence-electron chi connectivity index (χ2n) is 8.45. The number of hydrogen-bond acceptors (Lipinski definition) is 5. The molecule has 1 unspecified atom stereocenters. The maximum absolute atomic E-state index is 12.9. The third-order valence-corrected chi connectivity index (χ3v) is 6.37. The summed E-state index contributed by atoms with van der Waals surface area (Å²) in [6.07, 6.45) is 4.12. The lowest BCUT2D eigenvalue weighted by atomic mass is 10.0. The highest BCUT2D eigenvalue weighted by Crippen LogP contribution is 2.39. The van der Waals surface area contributed by atoms with Crippen LogP contribution in [0, 0.1) is 0 Å². The van der Waals surface area contributed by atoms with Gasteiger partial charge >= 0.3 is 0 Å². The second kappa shape index (κ2) is 7.92. The van der Waals surface area contributed by atoms with Crippen molar-refractivity contribution in [3.8, 4) is 22.3 Å². The number of H-pyrrole nitrogens is 1. The smallest absolute Gasteiger partial charge is 0.253 e. The number of aliphatic hydroxyl groups is 2. The van der Waals surface area contributed by atoms with Gasteiger partial charge in [-0.05, 0) is 41.7 Å². The molecule has 31 heavy (non-hydrogen) atoms. The van der Waals surface area contributed by atoms with Crippen LogP contribution in [0.3, 0.4) is 0 Å². The molecule has 7 nitrogen and oxygen atoms in total. The molecule has 7 heteroatoms. The molecule has 160 valence electrons. The summed E-state index contributed by atoms with van der Waals surface area (Å²) in [7, 11) is 0. The fourth-order valence-electron chi connectivity index (χ4n) is 4.15. The van der Waals surface area contributed by atoms with Crippen LogP contribution < -0.4 is 0 Å². The predicted molar refractivity (Wildman–Crippen MR) is 117 cm³/mol. The number of carbonyl (C=O) groups is 1. The number of aromatic nitrogens is 2. The lowest BCUT2D eigenvalue weighted by molar-refractivity contribution is -0.108. The fourth-order valence-corrected chi connectivity index (χ4v) is 4.15. The van der Waals surface area contributed by atoms with Crippen LogP contribution >= 0.6 is 0 Å². The molecular formula is C24H26N4O3. The number of aliphatic hydroxyl groups excluding tert-OH is 1. The molecule has 3 N–H and O–H groups in total. The zero-order chi connectivity index (χ0) is 21.4. The summed E-state index contributed by atoms with van der Waals surface area (Å²) < 4.78 is 0. The van der Waals surface area contributed by atoms with E-state index in [9.17, 15) is 15.0 Å². The zero-order valence-corrected chi connectivity index (χ0v) is 17.2. The molecule has 1 atom stereocenters. The summed E-state index contributed by atoms with van der Waals surface area (Å²) in [4.78, 5) is 16.6. The first-order valence-electron chi connectivity index (χ1n) is 10.7. The Morgan fingerprint density at radius 1 is 0.903 bits per heavy atom. The minimum absolute atomic E-state index is 0.00105. The van der Waals surface area contributed by atoms with Gasteiger partial charge in [0, 0.05) is 43.5 Å². The fraction of sp³-hybridized carbons (Fsp3) is 0.333. The van der Waals surface area contributed by atoms with Gasteiger partial charge in [0.2, 0.25) is 0 Å². The quantitative estimate of drug-likeness (QED) is 0.592. The molecule has 1 aromatic heterocycles. The van der Waals surface area contributed by atoms with E-state index in [1.54, 1.807) is 6.20 Å². The Kier molecular flexibility index (Phi) is 5.09. The van der Waals surface area contributed by atoms with E-state index >= 15 is 0 Å².